The lowest BCUT2D eigenvalue weighted by atomic mass is 10.2. The van der Waals surface area contributed by atoms with Crippen LogP contribution in [0.25, 0.3) is 0 Å². The molecule has 0 atom stereocenters. The SMILES string of the molecule is CCCCCNCCOc1ccc(OC(F)(F)F)cc1. The predicted molar refractivity (Wildman–Crippen MR) is 71.0 cm³/mol. The normalized spacial score (nSPS) is 11.4. The van der Waals surface area contributed by atoms with Crippen molar-refractivity contribution in [1.29, 1.82) is 0 Å². The molecule has 0 saturated carbocycles. The number of unbranched alkanes of at least 4 members (excludes halogenated alkanes) is 2. The maximum atomic E-state index is 12.0. The van der Waals surface area contributed by atoms with Crippen molar-refractivity contribution in [3.8, 4) is 11.5 Å². The topological polar surface area (TPSA) is 30.5 Å². The van der Waals surface area contributed by atoms with Gasteiger partial charge in [-0.05, 0) is 37.2 Å². The molecular formula is C14H20F3NO2. The van der Waals surface area contributed by atoms with E-state index in [9.17, 15) is 13.2 Å². The summed E-state index contributed by atoms with van der Waals surface area (Å²) < 4.78 is 45.0. The maximum absolute atomic E-state index is 12.0. The van der Waals surface area contributed by atoms with Crippen LogP contribution < -0.4 is 14.8 Å². The van der Waals surface area contributed by atoms with Gasteiger partial charge in [0.1, 0.15) is 18.1 Å². The van der Waals surface area contributed by atoms with E-state index in [1.165, 1.54) is 37.1 Å². The summed E-state index contributed by atoms with van der Waals surface area (Å²) in [6.45, 7) is 4.29. The van der Waals surface area contributed by atoms with Gasteiger partial charge in [-0.25, -0.2) is 0 Å². The van der Waals surface area contributed by atoms with Crippen molar-refractivity contribution in [1.82, 2.24) is 5.32 Å². The number of hydrogen-bond acceptors (Lipinski definition) is 3. The molecule has 0 heterocycles. The zero-order chi connectivity index (χ0) is 14.8. The minimum absolute atomic E-state index is 0.248. The molecule has 0 aliphatic carbocycles. The first-order chi connectivity index (χ1) is 9.51. The fourth-order valence-electron chi connectivity index (χ4n) is 1.60. The highest BCUT2D eigenvalue weighted by molar-refractivity contribution is 5.31. The van der Waals surface area contributed by atoms with E-state index in [0.717, 1.165) is 13.0 Å². The van der Waals surface area contributed by atoms with Crippen molar-refractivity contribution in [3.05, 3.63) is 24.3 Å². The van der Waals surface area contributed by atoms with Gasteiger partial charge in [-0.2, -0.15) is 0 Å². The van der Waals surface area contributed by atoms with E-state index in [1.807, 2.05) is 0 Å². The molecule has 1 N–H and O–H groups in total. The van der Waals surface area contributed by atoms with Gasteiger partial charge in [-0.1, -0.05) is 19.8 Å². The van der Waals surface area contributed by atoms with Crippen LogP contribution in [0.3, 0.4) is 0 Å². The highest BCUT2D eigenvalue weighted by Crippen LogP contribution is 2.24. The Bertz CT molecular complexity index is 366. The number of hydrogen-bond donors (Lipinski definition) is 1. The number of ether oxygens (including phenoxy) is 2. The Labute approximate surface area is 117 Å². The fraction of sp³-hybridized carbons (Fsp3) is 0.571. The monoisotopic (exact) mass is 291 g/mol. The molecule has 20 heavy (non-hydrogen) atoms. The van der Waals surface area contributed by atoms with Crippen molar-refractivity contribution < 1.29 is 22.6 Å². The summed E-state index contributed by atoms with van der Waals surface area (Å²) in [6.07, 6.45) is -1.14. The zero-order valence-corrected chi connectivity index (χ0v) is 11.5. The molecule has 1 aromatic rings. The Kier molecular flexibility index (Phi) is 7.22. The minimum atomic E-state index is -4.66. The van der Waals surface area contributed by atoms with Gasteiger partial charge in [-0.3, -0.25) is 0 Å². The molecule has 0 bridgehead atoms. The molecule has 114 valence electrons. The van der Waals surface area contributed by atoms with E-state index in [2.05, 4.69) is 17.0 Å². The van der Waals surface area contributed by atoms with Crippen molar-refractivity contribution >= 4 is 0 Å². The standard InChI is InChI=1S/C14H20F3NO2/c1-2-3-4-9-18-10-11-19-12-5-7-13(8-6-12)20-14(15,16)17/h5-8,18H,2-4,9-11H2,1H3. The van der Waals surface area contributed by atoms with E-state index >= 15 is 0 Å². The van der Waals surface area contributed by atoms with Crippen LogP contribution in [0.1, 0.15) is 26.2 Å². The van der Waals surface area contributed by atoms with Gasteiger partial charge < -0.3 is 14.8 Å². The molecule has 0 spiro atoms. The largest absolute Gasteiger partial charge is 0.573 e. The van der Waals surface area contributed by atoms with E-state index in [4.69, 9.17) is 4.74 Å². The highest BCUT2D eigenvalue weighted by Gasteiger charge is 2.30. The number of alkyl halides is 3. The Hall–Kier alpha value is -1.43. The molecule has 0 radical (unpaired) electrons. The van der Waals surface area contributed by atoms with Crippen molar-refractivity contribution in [2.75, 3.05) is 19.7 Å². The quantitative estimate of drug-likeness (QED) is 0.703. The summed E-state index contributed by atoms with van der Waals surface area (Å²) in [5.41, 5.74) is 0. The molecule has 0 unspecified atom stereocenters. The molecular weight excluding hydrogens is 271 g/mol. The lowest BCUT2D eigenvalue weighted by Gasteiger charge is -2.10. The summed E-state index contributed by atoms with van der Waals surface area (Å²) in [5, 5.41) is 3.23. The van der Waals surface area contributed by atoms with Gasteiger partial charge in [0.2, 0.25) is 0 Å². The number of halogens is 3. The second-order valence-electron chi connectivity index (χ2n) is 4.32. The van der Waals surface area contributed by atoms with Crippen LogP contribution in [0, 0.1) is 0 Å². The number of rotatable bonds is 9. The molecule has 6 heteroatoms. The second kappa shape index (κ2) is 8.68. The molecule has 0 saturated heterocycles. The number of benzene rings is 1. The third-order valence-electron chi connectivity index (χ3n) is 2.56. The molecule has 1 aromatic carbocycles. The van der Waals surface area contributed by atoms with Gasteiger partial charge in [0.15, 0.2) is 0 Å². The smallest absolute Gasteiger partial charge is 0.492 e. The van der Waals surface area contributed by atoms with Gasteiger partial charge in [0.25, 0.3) is 0 Å². The molecule has 0 aliphatic heterocycles. The summed E-state index contributed by atoms with van der Waals surface area (Å²) >= 11 is 0. The van der Waals surface area contributed by atoms with Crippen molar-refractivity contribution in [2.24, 2.45) is 0 Å². The maximum Gasteiger partial charge on any atom is 0.573 e. The summed E-state index contributed by atoms with van der Waals surface area (Å²) in [7, 11) is 0. The van der Waals surface area contributed by atoms with Crippen molar-refractivity contribution in [2.45, 2.75) is 32.5 Å². The second-order valence-corrected chi connectivity index (χ2v) is 4.32. The van der Waals surface area contributed by atoms with Crippen LogP contribution in [-0.4, -0.2) is 26.1 Å². The first-order valence-corrected chi connectivity index (χ1v) is 6.70. The van der Waals surface area contributed by atoms with Crippen LogP contribution in [0.5, 0.6) is 11.5 Å². The third kappa shape index (κ3) is 7.89. The van der Waals surface area contributed by atoms with E-state index in [-0.39, 0.29) is 5.75 Å². The van der Waals surface area contributed by atoms with Crippen LogP contribution in [0.4, 0.5) is 13.2 Å². The van der Waals surface area contributed by atoms with Crippen LogP contribution in [0.2, 0.25) is 0 Å². The lowest BCUT2D eigenvalue weighted by molar-refractivity contribution is -0.274. The first kappa shape index (κ1) is 16.6. The Balaban J connectivity index is 2.18. The van der Waals surface area contributed by atoms with Crippen LogP contribution >= 0.6 is 0 Å². The van der Waals surface area contributed by atoms with Gasteiger partial charge in [0.05, 0.1) is 0 Å². The third-order valence-corrected chi connectivity index (χ3v) is 2.56. The first-order valence-electron chi connectivity index (χ1n) is 6.70. The molecule has 3 nitrogen and oxygen atoms in total. The summed E-state index contributed by atoms with van der Waals surface area (Å²) in [6, 6.07) is 5.38. The molecule has 0 amide bonds. The van der Waals surface area contributed by atoms with Gasteiger partial charge in [-0.15, -0.1) is 13.2 Å². The lowest BCUT2D eigenvalue weighted by Crippen LogP contribution is -2.22. The fourth-order valence-corrected chi connectivity index (χ4v) is 1.60. The average molecular weight is 291 g/mol. The Morgan fingerprint density at radius 1 is 1.00 bits per heavy atom. The number of nitrogens with one attached hydrogen (secondary N) is 1. The van der Waals surface area contributed by atoms with Gasteiger partial charge in [0, 0.05) is 6.54 Å². The Morgan fingerprint density at radius 3 is 2.25 bits per heavy atom. The van der Waals surface area contributed by atoms with Crippen LogP contribution in [-0.2, 0) is 0 Å². The Morgan fingerprint density at radius 2 is 1.65 bits per heavy atom. The predicted octanol–water partition coefficient (Wildman–Crippen LogP) is 3.74. The summed E-state index contributed by atoms with van der Waals surface area (Å²) in [5.74, 6) is 0.275. The van der Waals surface area contributed by atoms with E-state index in [1.54, 1.807) is 0 Å². The highest BCUT2D eigenvalue weighted by atomic mass is 19.4. The van der Waals surface area contributed by atoms with E-state index < -0.39 is 6.36 Å². The van der Waals surface area contributed by atoms with Crippen molar-refractivity contribution in [3.63, 3.8) is 0 Å². The zero-order valence-electron chi connectivity index (χ0n) is 11.5. The molecule has 0 aliphatic rings. The average Bonchev–Trinajstić information content (AvgIpc) is 2.38. The van der Waals surface area contributed by atoms with Gasteiger partial charge >= 0.3 is 6.36 Å². The minimum Gasteiger partial charge on any atom is -0.492 e. The molecule has 0 fully saturated rings. The van der Waals surface area contributed by atoms with Crippen LogP contribution in [0.15, 0.2) is 24.3 Å². The van der Waals surface area contributed by atoms with E-state index in [0.29, 0.717) is 18.9 Å². The molecule has 1 rings (SSSR count). The summed E-state index contributed by atoms with van der Waals surface area (Å²) in [4.78, 5) is 0. The molecule has 0 aromatic heterocycles.